The van der Waals surface area contributed by atoms with Crippen LogP contribution in [0.15, 0.2) is 53.6 Å². The van der Waals surface area contributed by atoms with Gasteiger partial charge in [0.1, 0.15) is 0 Å². The maximum atomic E-state index is 11.8. The van der Waals surface area contributed by atoms with E-state index in [4.69, 9.17) is 11.6 Å². The fourth-order valence-corrected chi connectivity index (χ4v) is 2.10. The van der Waals surface area contributed by atoms with Crippen LogP contribution in [0.2, 0.25) is 5.02 Å². The molecule has 0 aliphatic carbocycles. The molecule has 0 saturated heterocycles. The number of halogens is 1. The van der Waals surface area contributed by atoms with Crippen LogP contribution >= 0.6 is 11.6 Å². The standard InChI is InChI=1S/C17H16ClN3O2/c1-11-7-9-13(10-8-11)19-16(22)17(23)21-20-12(2)14-5-3-4-6-15(14)18/h3-10H,1-2H3,(H,19,22)(H,21,23)/b20-12-. The minimum Gasteiger partial charge on any atom is -0.318 e. The second kappa shape index (κ2) is 7.56. The highest BCUT2D eigenvalue weighted by Crippen LogP contribution is 2.15. The van der Waals surface area contributed by atoms with Gasteiger partial charge < -0.3 is 5.32 Å². The lowest BCUT2D eigenvalue weighted by Gasteiger charge is -2.06. The third-order valence-electron chi connectivity index (χ3n) is 3.10. The number of rotatable bonds is 3. The largest absolute Gasteiger partial charge is 0.329 e. The minimum atomic E-state index is -0.850. The van der Waals surface area contributed by atoms with Gasteiger partial charge in [-0.3, -0.25) is 9.59 Å². The van der Waals surface area contributed by atoms with Crippen molar-refractivity contribution in [2.24, 2.45) is 5.10 Å². The van der Waals surface area contributed by atoms with Crippen LogP contribution in [0.25, 0.3) is 0 Å². The van der Waals surface area contributed by atoms with Crippen molar-refractivity contribution >= 4 is 34.8 Å². The van der Waals surface area contributed by atoms with Crippen molar-refractivity contribution in [3.05, 3.63) is 64.7 Å². The number of nitrogens with one attached hydrogen (secondary N) is 2. The van der Waals surface area contributed by atoms with E-state index in [1.165, 1.54) is 0 Å². The predicted molar refractivity (Wildman–Crippen MR) is 91.6 cm³/mol. The van der Waals surface area contributed by atoms with E-state index in [1.54, 1.807) is 37.3 Å². The van der Waals surface area contributed by atoms with Crippen molar-refractivity contribution in [1.29, 1.82) is 0 Å². The van der Waals surface area contributed by atoms with E-state index in [9.17, 15) is 9.59 Å². The number of carbonyl (C=O) groups is 2. The summed E-state index contributed by atoms with van der Waals surface area (Å²) in [6.45, 7) is 3.63. The number of aryl methyl sites for hydroxylation is 1. The number of anilines is 1. The number of hydrogen-bond donors (Lipinski definition) is 2. The number of carbonyl (C=O) groups excluding carboxylic acids is 2. The zero-order valence-electron chi connectivity index (χ0n) is 12.8. The number of hydrogen-bond acceptors (Lipinski definition) is 3. The molecule has 2 aromatic rings. The summed E-state index contributed by atoms with van der Waals surface area (Å²) in [5.41, 5.74) is 5.02. The highest BCUT2D eigenvalue weighted by atomic mass is 35.5. The first kappa shape index (κ1) is 16.7. The van der Waals surface area contributed by atoms with E-state index in [-0.39, 0.29) is 0 Å². The summed E-state index contributed by atoms with van der Waals surface area (Å²) in [5, 5.41) is 6.92. The van der Waals surface area contributed by atoms with E-state index < -0.39 is 11.8 Å². The molecule has 0 spiro atoms. The Balaban J connectivity index is 1.98. The first-order valence-corrected chi connectivity index (χ1v) is 7.32. The molecule has 5 nitrogen and oxygen atoms in total. The summed E-state index contributed by atoms with van der Waals surface area (Å²) < 4.78 is 0. The smallest absolute Gasteiger partial charge is 0.318 e. The fourth-order valence-electron chi connectivity index (χ4n) is 1.83. The lowest BCUT2D eigenvalue weighted by atomic mass is 10.1. The molecule has 0 radical (unpaired) electrons. The van der Waals surface area contributed by atoms with E-state index in [0.717, 1.165) is 5.56 Å². The zero-order chi connectivity index (χ0) is 16.8. The van der Waals surface area contributed by atoms with Crippen LogP contribution in [0, 0.1) is 6.92 Å². The molecule has 0 heterocycles. The SMILES string of the molecule is C/C(=N/NC(=O)C(=O)Nc1ccc(C)cc1)c1ccccc1Cl. The molecule has 2 amide bonds. The molecule has 2 aromatic carbocycles. The van der Waals surface area contributed by atoms with Gasteiger partial charge in [-0.1, -0.05) is 47.5 Å². The Labute approximate surface area is 139 Å². The van der Waals surface area contributed by atoms with Crippen molar-refractivity contribution in [3.63, 3.8) is 0 Å². The van der Waals surface area contributed by atoms with Gasteiger partial charge in [-0.15, -0.1) is 0 Å². The molecule has 2 rings (SSSR count). The topological polar surface area (TPSA) is 70.6 Å². The van der Waals surface area contributed by atoms with E-state index in [1.807, 2.05) is 25.1 Å². The third-order valence-corrected chi connectivity index (χ3v) is 3.43. The van der Waals surface area contributed by atoms with Crippen LogP contribution < -0.4 is 10.7 Å². The number of hydrazone groups is 1. The molecule has 0 saturated carbocycles. The van der Waals surface area contributed by atoms with Crippen molar-refractivity contribution < 1.29 is 9.59 Å². The summed E-state index contributed by atoms with van der Waals surface area (Å²) in [6, 6.07) is 14.2. The predicted octanol–water partition coefficient (Wildman–Crippen LogP) is 3.13. The van der Waals surface area contributed by atoms with Gasteiger partial charge in [0, 0.05) is 16.3 Å². The first-order chi connectivity index (χ1) is 11.0. The van der Waals surface area contributed by atoms with Crippen molar-refractivity contribution in [2.45, 2.75) is 13.8 Å². The van der Waals surface area contributed by atoms with Gasteiger partial charge >= 0.3 is 11.8 Å². The van der Waals surface area contributed by atoms with Gasteiger partial charge in [0.25, 0.3) is 0 Å². The van der Waals surface area contributed by atoms with Crippen molar-refractivity contribution in [1.82, 2.24) is 5.43 Å². The summed E-state index contributed by atoms with van der Waals surface area (Å²) >= 11 is 6.04. The molecule has 0 aliphatic rings. The first-order valence-electron chi connectivity index (χ1n) is 6.94. The molecule has 2 N–H and O–H groups in total. The Bertz CT molecular complexity index is 755. The fraction of sp³-hybridized carbons (Fsp3) is 0.118. The highest BCUT2D eigenvalue weighted by Gasteiger charge is 2.13. The molecule has 0 aromatic heterocycles. The molecule has 0 aliphatic heterocycles. The molecule has 23 heavy (non-hydrogen) atoms. The van der Waals surface area contributed by atoms with E-state index in [0.29, 0.717) is 22.0 Å². The average Bonchev–Trinajstić information content (AvgIpc) is 2.54. The van der Waals surface area contributed by atoms with Crippen molar-refractivity contribution in [3.8, 4) is 0 Å². The Kier molecular flexibility index (Phi) is 5.49. The van der Waals surface area contributed by atoms with Gasteiger partial charge in [0.15, 0.2) is 0 Å². The van der Waals surface area contributed by atoms with Crippen LogP contribution in [-0.2, 0) is 9.59 Å². The van der Waals surface area contributed by atoms with Gasteiger partial charge in [0.2, 0.25) is 0 Å². The molecule has 0 bridgehead atoms. The van der Waals surface area contributed by atoms with Crippen LogP contribution in [0.5, 0.6) is 0 Å². The second-order valence-electron chi connectivity index (χ2n) is 4.94. The Morgan fingerprint density at radius 3 is 2.30 bits per heavy atom. The minimum absolute atomic E-state index is 0.507. The lowest BCUT2D eigenvalue weighted by Crippen LogP contribution is -2.32. The molecule has 0 unspecified atom stereocenters. The Morgan fingerprint density at radius 1 is 1.00 bits per heavy atom. The van der Waals surface area contributed by atoms with Crippen LogP contribution in [0.1, 0.15) is 18.1 Å². The van der Waals surface area contributed by atoms with Crippen molar-refractivity contribution in [2.75, 3.05) is 5.32 Å². The van der Waals surface area contributed by atoms with Gasteiger partial charge in [0.05, 0.1) is 5.71 Å². The summed E-state index contributed by atoms with van der Waals surface area (Å²) in [5.74, 6) is -1.64. The molecule has 118 valence electrons. The summed E-state index contributed by atoms with van der Waals surface area (Å²) in [7, 11) is 0. The zero-order valence-corrected chi connectivity index (χ0v) is 13.5. The summed E-state index contributed by atoms with van der Waals surface area (Å²) in [6.07, 6.45) is 0. The monoisotopic (exact) mass is 329 g/mol. The van der Waals surface area contributed by atoms with Gasteiger partial charge in [-0.2, -0.15) is 5.10 Å². The molecule has 6 heteroatoms. The normalized spacial score (nSPS) is 11.0. The Hall–Kier alpha value is -2.66. The number of amides is 2. The van der Waals surface area contributed by atoms with Crippen LogP contribution in [0.4, 0.5) is 5.69 Å². The molecule has 0 fully saturated rings. The van der Waals surface area contributed by atoms with E-state index >= 15 is 0 Å². The van der Waals surface area contributed by atoms with Crippen LogP contribution in [-0.4, -0.2) is 17.5 Å². The Morgan fingerprint density at radius 2 is 1.65 bits per heavy atom. The second-order valence-corrected chi connectivity index (χ2v) is 5.35. The maximum absolute atomic E-state index is 11.8. The highest BCUT2D eigenvalue weighted by molar-refractivity contribution is 6.39. The third kappa shape index (κ3) is 4.66. The molecular weight excluding hydrogens is 314 g/mol. The van der Waals surface area contributed by atoms with Gasteiger partial charge in [-0.25, -0.2) is 5.43 Å². The molecular formula is C17H16ClN3O2. The van der Waals surface area contributed by atoms with Gasteiger partial charge in [-0.05, 0) is 32.0 Å². The lowest BCUT2D eigenvalue weighted by molar-refractivity contribution is -0.136. The quantitative estimate of drug-likeness (QED) is 0.516. The number of nitrogens with zero attached hydrogens (tertiary/aromatic N) is 1. The summed E-state index contributed by atoms with van der Waals surface area (Å²) in [4.78, 5) is 23.6. The average molecular weight is 330 g/mol. The maximum Gasteiger partial charge on any atom is 0.329 e. The number of benzene rings is 2. The molecule has 0 atom stereocenters. The van der Waals surface area contributed by atoms with E-state index in [2.05, 4.69) is 15.8 Å². The van der Waals surface area contributed by atoms with Crippen LogP contribution in [0.3, 0.4) is 0 Å².